The van der Waals surface area contributed by atoms with E-state index in [1.54, 1.807) is 16.7 Å². The Balaban J connectivity index is 1.99. The van der Waals surface area contributed by atoms with Crippen molar-refractivity contribution in [1.82, 2.24) is 9.80 Å². The topological polar surface area (TPSA) is 43.9 Å². The number of amides is 2. The number of halogens is 2. The second-order valence-corrected chi connectivity index (χ2v) is 9.02. The van der Waals surface area contributed by atoms with Crippen molar-refractivity contribution in [1.29, 1.82) is 0 Å². The minimum absolute atomic E-state index is 0.0243. The molecule has 3 rings (SSSR count). The highest BCUT2D eigenvalue weighted by Gasteiger charge is 2.31. The summed E-state index contributed by atoms with van der Waals surface area (Å²) in [5.74, 6) is -1.94. The average Bonchev–Trinajstić information content (AvgIpc) is 2.68. The second kappa shape index (κ2) is 10.5. The van der Waals surface area contributed by atoms with Gasteiger partial charge in [-0.15, -0.1) is 0 Å². The maximum absolute atomic E-state index is 14.2. The van der Waals surface area contributed by atoms with Crippen LogP contribution in [0.3, 0.4) is 0 Å². The number of nitrogens with zero attached hydrogens (tertiary/aromatic N) is 3. The van der Waals surface area contributed by atoms with Crippen molar-refractivity contribution in [2.24, 2.45) is 5.92 Å². The summed E-state index contributed by atoms with van der Waals surface area (Å²) < 4.78 is 28.4. The van der Waals surface area contributed by atoms with Crippen LogP contribution in [0.2, 0.25) is 0 Å². The van der Waals surface area contributed by atoms with Crippen molar-refractivity contribution in [3.8, 4) is 0 Å². The van der Waals surface area contributed by atoms with Crippen LogP contribution >= 0.6 is 0 Å². The summed E-state index contributed by atoms with van der Waals surface area (Å²) in [5, 5.41) is 0. The monoisotopic (exact) mass is 435 g/mol. The van der Waals surface area contributed by atoms with Crippen LogP contribution in [0, 0.1) is 17.6 Å². The highest BCUT2D eigenvalue weighted by Crippen LogP contribution is 2.31. The summed E-state index contributed by atoms with van der Waals surface area (Å²) in [6.45, 7) is 8.92. The molecule has 0 radical (unpaired) electrons. The van der Waals surface area contributed by atoms with Crippen molar-refractivity contribution in [2.45, 2.75) is 71.9 Å². The fourth-order valence-electron chi connectivity index (χ4n) is 4.44. The molecule has 172 valence electrons. The summed E-state index contributed by atoms with van der Waals surface area (Å²) in [6.07, 6.45) is 4.68. The third kappa shape index (κ3) is 5.62. The van der Waals surface area contributed by atoms with Gasteiger partial charge in [-0.3, -0.25) is 9.59 Å². The molecule has 0 aromatic heterocycles. The van der Waals surface area contributed by atoms with Gasteiger partial charge in [0, 0.05) is 57.2 Å². The number of hydrogen-bond donors (Lipinski definition) is 0. The van der Waals surface area contributed by atoms with Gasteiger partial charge in [-0.25, -0.2) is 8.78 Å². The number of rotatable bonds is 3. The van der Waals surface area contributed by atoms with Gasteiger partial charge in [-0.2, -0.15) is 0 Å². The average molecular weight is 436 g/mol. The van der Waals surface area contributed by atoms with Gasteiger partial charge in [0.25, 0.3) is 0 Å². The quantitative estimate of drug-likeness (QED) is 0.709. The molecule has 0 atom stereocenters. The summed E-state index contributed by atoms with van der Waals surface area (Å²) in [6, 6.07) is 2.64. The van der Waals surface area contributed by atoms with Gasteiger partial charge in [0.05, 0.1) is 5.69 Å². The predicted molar refractivity (Wildman–Crippen MR) is 118 cm³/mol. The van der Waals surface area contributed by atoms with Crippen molar-refractivity contribution < 1.29 is 18.4 Å². The van der Waals surface area contributed by atoms with E-state index in [0.717, 1.165) is 57.3 Å². The molecule has 0 bridgehead atoms. The highest BCUT2D eigenvalue weighted by molar-refractivity contribution is 5.94. The lowest BCUT2D eigenvalue weighted by atomic mass is 9.84. The van der Waals surface area contributed by atoms with Gasteiger partial charge >= 0.3 is 0 Å². The first-order chi connectivity index (χ1) is 14.8. The zero-order valence-electron chi connectivity index (χ0n) is 19.0. The van der Waals surface area contributed by atoms with E-state index >= 15 is 0 Å². The first-order valence-corrected chi connectivity index (χ1v) is 11.6. The minimum atomic E-state index is -0.972. The molecular formula is C24H35F2N3O2. The van der Waals surface area contributed by atoms with E-state index in [1.807, 2.05) is 0 Å². The molecule has 2 amide bonds. The normalized spacial score (nSPS) is 19.4. The summed E-state index contributed by atoms with van der Waals surface area (Å²) in [7, 11) is 0. The van der Waals surface area contributed by atoms with Crippen molar-refractivity contribution in [3.63, 3.8) is 0 Å². The van der Waals surface area contributed by atoms with Crippen LogP contribution in [0.15, 0.2) is 12.1 Å². The molecule has 2 aliphatic rings. The molecule has 1 saturated carbocycles. The zero-order chi connectivity index (χ0) is 22.5. The van der Waals surface area contributed by atoms with Gasteiger partial charge < -0.3 is 14.7 Å². The number of carbonyl (C=O) groups is 2. The lowest BCUT2D eigenvalue weighted by Crippen LogP contribution is -2.42. The first kappa shape index (κ1) is 23.6. The smallest absolute Gasteiger partial charge is 0.226 e. The van der Waals surface area contributed by atoms with E-state index in [9.17, 15) is 18.4 Å². The van der Waals surface area contributed by atoms with E-state index < -0.39 is 11.6 Å². The molecule has 1 heterocycles. The largest absolute Gasteiger partial charge is 0.338 e. The molecule has 0 saturated heterocycles. The van der Waals surface area contributed by atoms with Gasteiger partial charge in [-0.05, 0) is 51.2 Å². The van der Waals surface area contributed by atoms with Crippen molar-refractivity contribution in [2.75, 3.05) is 31.1 Å². The van der Waals surface area contributed by atoms with Gasteiger partial charge in [-0.1, -0.05) is 13.3 Å². The maximum Gasteiger partial charge on any atom is 0.226 e. The van der Waals surface area contributed by atoms with E-state index in [1.165, 1.54) is 0 Å². The molecule has 5 nitrogen and oxygen atoms in total. The van der Waals surface area contributed by atoms with Gasteiger partial charge in [0.1, 0.15) is 0 Å². The molecule has 0 spiro atoms. The number of anilines is 1. The standard InChI is InChI=1S/C24H35F2N3O2/c1-4-23(30)29-13-7-11-27(17(2)3)10-6-12-28(24(31)18-8-5-9-18)16-19-14-20(25)21(26)15-22(19)29/h14-15,17-18H,4-13,16H2,1-3H3. The lowest BCUT2D eigenvalue weighted by molar-refractivity contribution is -0.139. The van der Waals surface area contributed by atoms with E-state index in [-0.39, 0.29) is 30.7 Å². The van der Waals surface area contributed by atoms with Crippen LogP contribution in [0.4, 0.5) is 14.5 Å². The third-order valence-corrected chi connectivity index (χ3v) is 6.57. The van der Waals surface area contributed by atoms with Crippen LogP contribution in [0.5, 0.6) is 0 Å². The van der Waals surface area contributed by atoms with E-state index in [0.29, 0.717) is 30.4 Å². The van der Waals surface area contributed by atoms with Crippen LogP contribution in [0.1, 0.15) is 64.9 Å². The molecule has 31 heavy (non-hydrogen) atoms. The number of carbonyl (C=O) groups excluding carboxylic acids is 2. The SMILES string of the molecule is CCC(=O)N1CCCN(C(C)C)CCCN(C(=O)C2CCC2)Cc2cc(F)c(F)cc21. The van der Waals surface area contributed by atoms with Crippen LogP contribution < -0.4 is 4.90 Å². The molecular weight excluding hydrogens is 400 g/mol. The molecule has 0 unspecified atom stereocenters. The molecule has 1 aromatic rings. The highest BCUT2D eigenvalue weighted by atomic mass is 19.2. The Labute approximate surface area is 184 Å². The number of benzene rings is 1. The molecule has 1 aromatic carbocycles. The number of hydrogen-bond acceptors (Lipinski definition) is 3. The molecule has 1 fully saturated rings. The van der Waals surface area contributed by atoms with Crippen LogP contribution in [-0.2, 0) is 16.1 Å². The maximum atomic E-state index is 14.2. The Bertz CT molecular complexity index is 795. The molecule has 0 N–H and O–H groups in total. The summed E-state index contributed by atoms with van der Waals surface area (Å²) in [4.78, 5) is 31.6. The lowest BCUT2D eigenvalue weighted by Gasteiger charge is -2.35. The predicted octanol–water partition coefficient (Wildman–Crippen LogP) is 4.34. The van der Waals surface area contributed by atoms with Gasteiger partial charge in [0.15, 0.2) is 11.6 Å². The fourth-order valence-corrected chi connectivity index (χ4v) is 4.44. The van der Waals surface area contributed by atoms with E-state index in [4.69, 9.17) is 0 Å². The van der Waals surface area contributed by atoms with Crippen molar-refractivity contribution in [3.05, 3.63) is 29.3 Å². The zero-order valence-corrected chi connectivity index (χ0v) is 19.0. The second-order valence-electron chi connectivity index (χ2n) is 9.02. The Kier molecular flexibility index (Phi) is 8.03. The Morgan fingerprint density at radius 1 is 1.00 bits per heavy atom. The first-order valence-electron chi connectivity index (χ1n) is 11.6. The third-order valence-electron chi connectivity index (χ3n) is 6.57. The number of fused-ring (bicyclic) bond motifs is 1. The van der Waals surface area contributed by atoms with Crippen molar-refractivity contribution >= 4 is 17.5 Å². The molecule has 7 heteroatoms. The minimum Gasteiger partial charge on any atom is -0.338 e. The molecule has 1 aliphatic heterocycles. The summed E-state index contributed by atoms with van der Waals surface area (Å²) >= 11 is 0. The summed E-state index contributed by atoms with van der Waals surface area (Å²) in [5.41, 5.74) is 0.878. The Hall–Kier alpha value is -2.02. The Morgan fingerprint density at radius 2 is 1.65 bits per heavy atom. The van der Waals surface area contributed by atoms with Crippen LogP contribution in [0.25, 0.3) is 0 Å². The Morgan fingerprint density at radius 3 is 2.23 bits per heavy atom. The van der Waals surface area contributed by atoms with Gasteiger partial charge in [0.2, 0.25) is 11.8 Å². The van der Waals surface area contributed by atoms with E-state index in [2.05, 4.69) is 18.7 Å². The fraction of sp³-hybridized carbons (Fsp3) is 0.667. The van der Waals surface area contributed by atoms with Crippen LogP contribution in [-0.4, -0.2) is 53.8 Å². The molecule has 1 aliphatic carbocycles.